The van der Waals surface area contributed by atoms with Crippen molar-refractivity contribution in [1.29, 1.82) is 0 Å². The SMILES string of the molecule is CCC(=O)CS(=O)c1cccc(C)c1. The summed E-state index contributed by atoms with van der Waals surface area (Å²) in [6, 6.07) is 7.46. The Hall–Kier alpha value is -0.960. The van der Waals surface area contributed by atoms with Gasteiger partial charge in [0.05, 0.1) is 16.6 Å². The van der Waals surface area contributed by atoms with Crippen molar-refractivity contribution in [2.24, 2.45) is 0 Å². The van der Waals surface area contributed by atoms with Crippen molar-refractivity contribution in [3.8, 4) is 0 Å². The fourth-order valence-electron chi connectivity index (χ4n) is 1.09. The Morgan fingerprint density at radius 2 is 2.14 bits per heavy atom. The van der Waals surface area contributed by atoms with E-state index in [1.807, 2.05) is 25.1 Å². The van der Waals surface area contributed by atoms with E-state index in [1.165, 1.54) is 0 Å². The van der Waals surface area contributed by atoms with Gasteiger partial charge in [0.25, 0.3) is 0 Å². The zero-order valence-electron chi connectivity index (χ0n) is 8.45. The van der Waals surface area contributed by atoms with Crippen molar-refractivity contribution >= 4 is 16.6 Å². The third-order valence-electron chi connectivity index (χ3n) is 1.94. The lowest BCUT2D eigenvalue weighted by atomic mass is 10.2. The monoisotopic (exact) mass is 210 g/mol. The van der Waals surface area contributed by atoms with Crippen LogP contribution >= 0.6 is 0 Å². The van der Waals surface area contributed by atoms with Gasteiger partial charge in [-0.15, -0.1) is 0 Å². The van der Waals surface area contributed by atoms with Gasteiger partial charge >= 0.3 is 0 Å². The molecule has 0 saturated carbocycles. The highest BCUT2D eigenvalue weighted by molar-refractivity contribution is 7.85. The van der Waals surface area contributed by atoms with Gasteiger partial charge in [-0.2, -0.15) is 0 Å². The molecule has 1 aromatic rings. The van der Waals surface area contributed by atoms with Gasteiger partial charge in [-0.25, -0.2) is 0 Å². The van der Waals surface area contributed by atoms with Crippen LogP contribution in [0.3, 0.4) is 0 Å². The molecule has 0 spiro atoms. The van der Waals surface area contributed by atoms with E-state index in [4.69, 9.17) is 0 Å². The molecule has 0 amide bonds. The minimum Gasteiger partial charge on any atom is -0.299 e. The van der Waals surface area contributed by atoms with Gasteiger partial charge in [-0.05, 0) is 24.6 Å². The summed E-state index contributed by atoms with van der Waals surface area (Å²) < 4.78 is 11.7. The highest BCUT2D eigenvalue weighted by Crippen LogP contribution is 2.09. The molecule has 0 aromatic heterocycles. The zero-order valence-corrected chi connectivity index (χ0v) is 9.26. The third kappa shape index (κ3) is 3.07. The van der Waals surface area contributed by atoms with Crippen LogP contribution in [0.15, 0.2) is 29.2 Å². The number of aryl methyl sites for hydroxylation is 1. The minimum absolute atomic E-state index is 0.0461. The Balaban J connectivity index is 2.75. The molecule has 1 rings (SSSR count). The van der Waals surface area contributed by atoms with E-state index in [0.717, 1.165) is 10.5 Å². The van der Waals surface area contributed by atoms with Crippen LogP contribution in [0, 0.1) is 6.92 Å². The topological polar surface area (TPSA) is 34.1 Å². The fourth-order valence-corrected chi connectivity index (χ4v) is 2.30. The average molecular weight is 210 g/mol. The van der Waals surface area contributed by atoms with Crippen molar-refractivity contribution < 1.29 is 9.00 Å². The summed E-state index contributed by atoms with van der Waals surface area (Å²) in [5.41, 5.74) is 1.07. The number of ketones is 1. The van der Waals surface area contributed by atoms with Crippen molar-refractivity contribution in [3.05, 3.63) is 29.8 Å². The minimum atomic E-state index is -1.17. The van der Waals surface area contributed by atoms with Crippen molar-refractivity contribution in [2.45, 2.75) is 25.2 Å². The lowest BCUT2D eigenvalue weighted by molar-refractivity contribution is -0.116. The van der Waals surface area contributed by atoms with E-state index >= 15 is 0 Å². The molecule has 0 fully saturated rings. The van der Waals surface area contributed by atoms with Crippen LogP contribution in [-0.4, -0.2) is 15.7 Å². The van der Waals surface area contributed by atoms with Gasteiger partial charge < -0.3 is 0 Å². The molecule has 0 heterocycles. The van der Waals surface area contributed by atoms with Crippen LogP contribution in [0.5, 0.6) is 0 Å². The average Bonchev–Trinajstić information content (AvgIpc) is 2.17. The maximum atomic E-state index is 11.7. The van der Waals surface area contributed by atoms with Gasteiger partial charge in [0.1, 0.15) is 5.78 Å². The number of carbonyl (C=O) groups excluding carboxylic acids is 1. The van der Waals surface area contributed by atoms with Gasteiger partial charge in [0.2, 0.25) is 0 Å². The Morgan fingerprint density at radius 3 is 2.71 bits per heavy atom. The van der Waals surface area contributed by atoms with Gasteiger partial charge in [-0.1, -0.05) is 19.1 Å². The van der Waals surface area contributed by atoms with E-state index in [-0.39, 0.29) is 11.5 Å². The van der Waals surface area contributed by atoms with Crippen LogP contribution in [0.1, 0.15) is 18.9 Å². The van der Waals surface area contributed by atoms with E-state index in [2.05, 4.69) is 0 Å². The summed E-state index contributed by atoms with van der Waals surface area (Å²) in [4.78, 5) is 11.8. The van der Waals surface area contributed by atoms with Crippen LogP contribution in [0.2, 0.25) is 0 Å². The molecular formula is C11H14O2S. The number of rotatable bonds is 4. The molecule has 3 heteroatoms. The molecule has 76 valence electrons. The Bertz CT molecular complexity index is 358. The molecule has 0 aliphatic rings. The van der Waals surface area contributed by atoms with Crippen molar-refractivity contribution in [1.82, 2.24) is 0 Å². The highest BCUT2D eigenvalue weighted by Gasteiger charge is 2.08. The second kappa shape index (κ2) is 5.05. The van der Waals surface area contributed by atoms with E-state index in [1.54, 1.807) is 13.0 Å². The number of benzene rings is 1. The van der Waals surface area contributed by atoms with Crippen LogP contribution in [-0.2, 0) is 15.6 Å². The molecule has 14 heavy (non-hydrogen) atoms. The maximum absolute atomic E-state index is 11.7. The standard InChI is InChI=1S/C11H14O2S/c1-3-10(12)8-14(13)11-6-4-5-9(2)7-11/h4-7H,3,8H2,1-2H3. The molecule has 1 atom stereocenters. The first-order chi connectivity index (χ1) is 6.63. The Labute approximate surface area is 86.8 Å². The van der Waals surface area contributed by atoms with Gasteiger partial charge in [-0.3, -0.25) is 9.00 Å². The molecule has 1 unspecified atom stereocenters. The van der Waals surface area contributed by atoms with Crippen molar-refractivity contribution in [2.75, 3.05) is 5.75 Å². The molecule has 0 radical (unpaired) electrons. The smallest absolute Gasteiger partial charge is 0.145 e. The first-order valence-corrected chi connectivity index (χ1v) is 5.92. The molecule has 0 aliphatic carbocycles. The molecular weight excluding hydrogens is 196 g/mol. The lowest BCUT2D eigenvalue weighted by Gasteiger charge is -2.01. The number of carbonyl (C=O) groups is 1. The number of hydrogen-bond acceptors (Lipinski definition) is 2. The summed E-state index contributed by atoms with van der Waals surface area (Å²) in [5.74, 6) is 0.185. The normalized spacial score (nSPS) is 12.4. The lowest BCUT2D eigenvalue weighted by Crippen LogP contribution is -2.09. The maximum Gasteiger partial charge on any atom is 0.145 e. The predicted molar refractivity (Wildman–Crippen MR) is 57.8 cm³/mol. The number of hydrogen-bond donors (Lipinski definition) is 0. The van der Waals surface area contributed by atoms with E-state index in [9.17, 15) is 9.00 Å². The predicted octanol–water partition coefficient (Wildman–Crippen LogP) is 2.08. The van der Waals surface area contributed by atoms with Crippen LogP contribution < -0.4 is 0 Å². The molecule has 0 aliphatic heterocycles. The fraction of sp³-hybridized carbons (Fsp3) is 0.364. The Kier molecular flexibility index (Phi) is 4.01. The van der Waals surface area contributed by atoms with Crippen LogP contribution in [0.25, 0.3) is 0 Å². The second-order valence-electron chi connectivity index (χ2n) is 3.20. The highest BCUT2D eigenvalue weighted by atomic mass is 32.2. The van der Waals surface area contributed by atoms with E-state index < -0.39 is 10.8 Å². The summed E-state index contributed by atoms with van der Waals surface area (Å²) >= 11 is 0. The van der Waals surface area contributed by atoms with Crippen molar-refractivity contribution in [3.63, 3.8) is 0 Å². The third-order valence-corrected chi connectivity index (χ3v) is 3.30. The first kappa shape index (κ1) is 11.1. The summed E-state index contributed by atoms with van der Waals surface area (Å²) in [6.07, 6.45) is 0.456. The molecule has 1 aromatic carbocycles. The molecule has 2 nitrogen and oxygen atoms in total. The Morgan fingerprint density at radius 1 is 1.43 bits per heavy atom. The number of Topliss-reactive ketones (excluding diaryl/α,β-unsaturated/α-hetero) is 1. The zero-order chi connectivity index (χ0) is 10.6. The molecule has 0 saturated heterocycles. The summed E-state index contributed by atoms with van der Waals surface area (Å²) in [6.45, 7) is 3.73. The molecule has 0 bridgehead atoms. The second-order valence-corrected chi connectivity index (χ2v) is 4.65. The summed E-state index contributed by atoms with van der Waals surface area (Å²) in [5, 5.41) is 0. The molecule has 0 N–H and O–H groups in total. The van der Waals surface area contributed by atoms with Gasteiger partial charge in [0, 0.05) is 11.3 Å². The first-order valence-electron chi connectivity index (χ1n) is 4.60. The van der Waals surface area contributed by atoms with E-state index in [0.29, 0.717) is 6.42 Å². The quantitative estimate of drug-likeness (QED) is 0.762. The summed E-state index contributed by atoms with van der Waals surface area (Å²) in [7, 11) is -1.17. The van der Waals surface area contributed by atoms with Gasteiger partial charge in [0.15, 0.2) is 0 Å². The van der Waals surface area contributed by atoms with Crippen LogP contribution in [0.4, 0.5) is 0 Å². The largest absolute Gasteiger partial charge is 0.299 e.